The van der Waals surface area contributed by atoms with Gasteiger partial charge in [0.1, 0.15) is 29.7 Å². The number of carbonyl (C=O) groups is 1. The second-order valence-electron chi connectivity index (χ2n) is 4.17. The molecule has 0 bridgehead atoms. The van der Waals surface area contributed by atoms with Crippen molar-refractivity contribution in [3.8, 4) is 5.75 Å². The van der Waals surface area contributed by atoms with Crippen molar-refractivity contribution >= 4 is 11.6 Å². The van der Waals surface area contributed by atoms with Gasteiger partial charge in [0.2, 0.25) is 0 Å². The quantitative estimate of drug-likeness (QED) is 0.851. The molecule has 0 aliphatic carbocycles. The molecule has 0 spiro atoms. The van der Waals surface area contributed by atoms with Crippen LogP contribution in [0.4, 0.5) is 14.5 Å². The van der Waals surface area contributed by atoms with Crippen LogP contribution in [0.25, 0.3) is 0 Å². The van der Waals surface area contributed by atoms with E-state index in [0.29, 0.717) is 12.4 Å². The Hall–Kier alpha value is -2.69. The number of ether oxygens (including phenoxy) is 1. The van der Waals surface area contributed by atoms with Gasteiger partial charge < -0.3 is 10.1 Å². The molecule has 0 heterocycles. The van der Waals surface area contributed by atoms with Gasteiger partial charge in [0.05, 0.1) is 0 Å². The van der Waals surface area contributed by atoms with E-state index in [-0.39, 0.29) is 5.56 Å². The average molecular weight is 289 g/mol. The molecule has 0 aromatic heterocycles. The highest BCUT2D eigenvalue weighted by molar-refractivity contribution is 6.04. The number of hydrogen-bond acceptors (Lipinski definition) is 2. The van der Waals surface area contributed by atoms with E-state index in [1.165, 1.54) is 18.2 Å². The van der Waals surface area contributed by atoms with Gasteiger partial charge in [0, 0.05) is 5.56 Å². The molecule has 0 atom stereocenters. The minimum absolute atomic E-state index is 0.267. The van der Waals surface area contributed by atoms with Crippen molar-refractivity contribution in [3.05, 3.63) is 72.3 Å². The lowest BCUT2D eigenvalue weighted by Gasteiger charge is -2.08. The van der Waals surface area contributed by atoms with E-state index >= 15 is 0 Å². The summed E-state index contributed by atoms with van der Waals surface area (Å²) in [6, 6.07) is 9.58. The SMILES string of the molecule is C=CCOc1ccc(C(=O)Nc2c(F)cccc2F)cc1. The highest BCUT2D eigenvalue weighted by Crippen LogP contribution is 2.19. The summed E-state index contributed by atoms with van der Waals surface area (Å²) in [4.78, 5) is 11.9. The molecule has 5 heteroatoms. The van der Waals surface area contributed by atoms with Crippen molar-refractivity contribution in [2.24, 2.45) is 0 Å². The Kier molecular flexibility index (Phi) is 4.66. The third kappa shape index (κ3) is 3.66. The van der Waals surface area contributed by atoms with Gasteiger partial charge in [-0.3, -0.25) is 4.79 Å². The van der Waals surface area contributed by atoms with Crippen LogP contribution in [0.2, 0.25) is 0 Å². The van der Waals surface area contributed by atoms with Crippen molar-refractivity contribution in [3.63, 3.8) is 0 Å². The third-order valence-electron chi connectivity index (χ3n) is 2.69. The standard InChI is InChI=1S/C16H13F2NO2/c1-2-10-21-12-8-6-11(7-9-12)16(20)19-15-13(17)4-3-5-14(15)18/h2-9H,1,10H2,(H,19,20). The van der Waals surface area contributed by atoms with Crippen LogP contribution in [0, 0.1) is 11.6 Å². The monoisotopic (exact) mass is 289 g/mol. The number of hydrogen-bond donors (Lipinski definition) is 1. The van der Waals surface area contributed by atoms with Crippen LogP contribution < -0.4 is 10.1 Å². The van der Waals surface area contributed by atoms with Gasteiger partial charge >= 0.3 is 0 Å². The summed E-state index contributed by atoms with van der Waals surface area (Å²) < 4.78 is 32.2. The van der Waals surface area contributed by atoms with E-state index in [0.717, 1.165) is 12.1 Å². The second-order valence-corrected chi connectivity index (χ2v) is 4.17. The predicted octanol–water partition coefficient (Wildman–Crippen LogP) is 3.78. The van der Waals surface area contributed by atoms with Crippen LogP contribution in [0.15, 0.2) is 55.1 Å². The molecule has 0 saturated carbocycles. The number of carbonyl (C=O) groups excluding carboxylic acids is 1. The van der Waals surface area contributed by atoms with E-state index in [1.54, 1.807) is 18.2 Å². The van der Waals surface area contributed by atoms with Crippen LogP contribution in [0.5, 0.6) is 5.75 Å². The first-order chi connectivity index (χ1) is 10.1. The highest BCUT2D eigenvalue weighted by atomic mass is 19.1. The fourth-order valence-electron chi connectivity index (χ4n) is 1.66. The van der Waals surface area contributed by atoms with Crippen molar-refractivity contribution in [2.45, 2.75) is 0 Å². The van der Waals surface area contributed by atoms with Gasteiger partial charge in [0.15, 0.2) is 0 Å². The van der Waals surface area contributed by atoms with Gasteiger partial charge in [-0.15, -0.1) is 0 Å². The lowest BCUT2D eigenvalue weighted by molar-refractivity contribution is 0.102. The number of para-hydroxylation sites is 1. The maximum Gasteiger partial charge on any atom is 0.255 e. The van der Waals surface area contributed by atoms with Gasteiger partial charge in [-0.2, -0.15) is 0 Å². The normalized spacial score (nSPS) is 10.0. The molecule has 21 heavy (non-hydrogen) atoms. The Labute approximate surface area is 120 Å². The Balaban J connectivity index is 2.11. The molecule has 1 amide bonds. The summed E-state index contributed by atoms with van der Waals surface area (Å²) in [5, 5.41) is 2.21. The highest BCUT2D eigenvalue weighted by Gasteiger charge is 2.13. The fourth-order valence-corrected chi connectivity index (χ4v) is 1.66. The van der Waals surface area contributed by atoms with Gasteiger partial charge in [-0.25, -0.2) is 8.78 Å². The van der Waals surface area contributed by atoms with Crippen LogP contribution in [0.1, 0.15) is 10.4 Å². The molecular weight excluding hydrogens is 276 g/mol. The van der Waals surface area contributed by atoms with Crippen LogP contribution >= 0.6 is 0 Å². The van der Waals surface area contributed by atoms with E-state index < -0.39 is 23.2 Å². The maximum absolute atomic E-state index is 13.4. The molecule has 108 valence electrons. The smallest absolute Gasteiger partial charge is 0.255 e. The number of amides is 1. The molecule has 2 rings (SSSR count). The average Bonchev–Trinajstić information content (AvgIpc) is 2.49. The molecule has 0 fully saturated rings. The van der Waals surface area contributed by atoms with Crippen molar-refractivity contribution in [2.75, 3.05) is 11.9 Å². The first-order valence-electron chi connectivity index (χ1n) is 6.21. The molecule has 0 aliphatic rings. The lowest BCUT2D eigenvalue weighted by Crippen LogP contribution is -2.14. The Bertz CT molecular complexity index is 634. The van der Waals surface area contributed by atoms with Crippen molar-refractivity contribution < 1.29 is 18.3 Å². The molecule has 3 nitrogen and oxygen atoms in total. The first kappa shape index (κ1) is 14.7. The van der Waals surface area contributed by atoms with Gasteiger partial charge in [-0.05, 0) is 36.4 Å². The summed E-state index contributed by atoms with van der Waals surface area (Å²) >= 11 is 0. The summed E-state index contributed by atoms with van der Waals surface area (Å²) in [6.45, 7) is 3.88. The summed E-state index contributed by atoms with van der Waals surface area (Å²) in [6.07, 6.45) is 1.60. The molecule has 0 radical (unpaired) electrons. The van der Waals surface area contributed by atoms with E-state index in [4.69, 9.17) is 4.74 Å². The van der Waals surface area contributed by atoms with Crippen LogP contribution in [-0.4, -0.2) is 12.5 Å². The van der Waals surface area contributed by atoms with Crippen molar-refractivity contribution in [1.29, 1.82) is 0 Å². The summed E-state index contributed by atoms with van der Waals surface area (Å²) in [5.74, 6) is -1.68. The molecular formula is C16H13F2NO2. The first-order valence-corrected chi connectivity index (χ1v) is 6.21. The molecule has 2 aromatic rings. The van der Waals surface area contributed by atoms with Gasteiger partial charge in [0.25, 0.3) is 5.91 Å². The number of halogens is 2. The van der Waals surface area contributed by atoms with E-state index in [2.05, 4.69) is 11.9 Å². The topological polar surface area (TPSA) is 38.3 Å². The number of rotatable bonds is 5. The minimum Gasteiger partial charge on any atom is -0.490 e. The van der Waals surface area contributed by atoms with E-state index in [9.17, 15) is 13.6 Å². The van der Waals surface area contributed by atoms with Gasteiger partial charge in [-0.1, -0.05) is 18.7 Å². The predicted molar refractivity (Wildman–Crippen MR) is 76.4 cm³/mol. The fraction of sp³-hybridized carbons (Fsp3) is 0.0625. The largest absolute Gasteiger partial charge is 0.490 e. The Morgan fingerprint density at radius 1 is 1.14 bits per heavy atom. The molecule has 0 saturated heterocycles. The van der Waals surface area contributed by atoms with Crippen LogP contribution in [0.3, 0.4) is 0 Å². The molecule has 0 aliphatic heterocycles. The zero-order valence-corrected chi connectivity index (χ0v) is 11.1. The number of anilines is 1. The maximum atomic E-state index is 13.4. The zero-order chi connectivity index (χ0) is 15.2. The number of benzene rings is 2. The zero-order valence-electron chi connectivity index (χ0n) is 11.1. The Morgan fingerprint density at radius 2 is 1.76 bits per heavy atom. The molecule has 2 aromatic carbocycles. The van der Waals surface area contributed by atoms with Crippen LogP contribution in [-0.2, 0) is 0 Å². The van der Waals surface area contributed by atoms with Crippen molar-refractivity contribution in [1.82, 2.24) is 0 Å². The summed E-state index contributed by atoms with van der Waals surface area (Å²) in [7, 11) is 0. The molecule has 1 N–H and O–H groups in total. The lowest BCUT2D eigenvalue weighted by atomic mass is 10.2. The second kappa shape index (κ2) is 6.65. The van der Waals surface area contributed by atoms with E-state index in [1.807, 2.05) is 0 Å². The third-order valence-corrected chi connectivity index (χ3v) is 2.69. The minimum atomic E-state index is -0.825. The molecule has 0 unspecified atom stereocenters. The Morgan fingerprint density at radius 3 is 2.33 bits per heavy atom. The number of nitrogens with one attached hydrogen (secondary N) is 1. The summed E-state index contributed by atoms with van der Waals surface area (Å²) in [5.41, 5.74) is -0.196.